The van der Waals surface area contributed by atoms with Gasteiger partial charge in [0.1, 0.15) is 0 Å². The summed E-state index contributed by atoms with van der Waals surface area (Å²) in [6.07, 6.45) is 1.50. The first-order chi connectivity index (χ1) is 7.95. The molecule has 1 aromatic carbocycles. The molecule has 0 aliphatic rings. The topological polar surface area (TPSA) is 139 Å². The second kappa shape index (κ2) is 25.2. The third-order valence-electron chi connectivity index (χ3n) is 0.940. The first-order valence-corrected chi connectivity index (χ1v) is 5.27. The van der Waals surface area contributed by atoms with Gasteiger partial charge >= 0.3 is 60.6 Å². The average molecular weight is 296 g/mol. The summed E-state index contributed by atoms with van der Waals surface area (Å²) in [6.45, 7) is 2.08. The van der Waals surface area contributed by atoms with Gasteiger partial charge in [0, 0.05) is 0 Å². The van der Waals surface area contributed by atoms with Crippen LogP contribution in [0.1, 0.15) is 5.56 Å². The maximum absolute atomic E-state index is 8.74. The summed E-state index contributed by atoms with van der Waals surface area (Å²) in [5.74, 6) is 0. The van der Waals surface area contributed by atoms with Crippen molar-refractivity contribution in [3.05, 3.63) is 35.9 Å². The Labute approximate surface area is 148 Å². The van der Waals surface area contributed by atoms with Gasteiger partial charge in [0.15, 0.2) is 0 Å². The van der Waals surface area contributed by atoms with Crippen LogP contribution >= 0.6 is 0 Å². The molecule has 0 atom stereocenters. The van der Waals surface area contributed by atoms with Crippen molar-refractivity contribution in [2.45, 2.75) is 6.92 Å². The number of nitrogens with one attached hydrogen (secondary N) is 2. The van der Waals surface area contributed by atoms with Crippen LogP contribution in [0.5, 0.6) is 0 Å². The van der Waals surface area contributed by atoms with E-state index in [1.54, 1.807) is 0 Å². The Morgan fingerprint density at radius 2 is 1.28 bits per heavy atom. The molecule has 0 bridgehead atoms. The zero-order valence-electron chi connectivity index (χ0n) is 9.01. The third kappa shape index (κ3) is 59.0. The number of isocyanates is 2. The molecule has 0 amide bonds. The number of aryl methyl sites for hydroxylation is 1. The predicted molar refractivity (Wildman–Crippen MR) is 66.0 cm³/mol. The van der Waals surface area contributed by atoms with Crippen molar-refractivity contribution in [2.24, 2.45) is 0 Å². The molecule has 0 saturated heterocycles. The van der Waals surface area contributed by atoms with Crippen molar-refractivity contribution in [1.82, 2.24) is 0 Å². The monoisotopic (exact) mass is 296 g/mol. The van der Waals surface area contributed by atoms with Crippen molar-refractivity contribution < 1.29 is 23.6 Å². The number of hydrogen-bond acceptors (Lipinski definition) is 5. The number of rotatable bonds is 0. The summed E-state index contributed by atoms with van der Waals surface area (Å²) in [7, 11) is -3.13. The molecule has 4 N–H and O–H groups in total. The van der Waals surface area contributed by atoms with E-state index in [1.807, 2.05) is 18.2 Å². The van der Waals surface area contributed by atoms with Crippen molar-refractivity contribution in [2.75, 3.05) is 0 Å². The number of benzene rings is 1. The summed E-state index contributed by atoms with van der Waals surface area (Å²) < 4.78 is 8.74. The van der Waals surface area contributed by atoms with Crippen LogP contribution in [0.3, 0.4) is 0 Å². The molecule has 1 rings (SSSR count). The van der Waals surface area contributed by atoms with Crippen LogP contribution in [0.4, 0.5) is 0 Å². The van der Waals surface area contributed by atoms with E-state index < -0.39 is 9.17 Å². The summed E-state index contributed by atoms with van der Waals surface area (Å²) in [6, 6.07) is 10.3. The average Bonchev–Trinajstić information content (AvgIpc) is 2.20. The predicted octanol–water partition coefficient (Wildman–Crippen LogP) is -0.465. The van der Waals surface area contributed by atoms with Gasteiger partial charge in [-0.25, -0.2) is 20.4 Å². The Morgan fingerprint density at radius 1 is 1.06 bits per heavy atom. The van der Waals surface area contributed by atoms with E-state index in [1.165, 1.54) is 5.56 Å². The molecule has 0 unspecified atom stereocenters. The standard InChI is InChI=1S/C7H8.2CHNO.K.H2O3Si.H/c1-7-5-3-2-4-6-7;2*2-1-3;;1-4(2)3;/h2-6H,1H3;2*2H;;1-2H;. The fourth-order valence-electron chi connectivity index (χ4n) is 0.534. The van der Waals surface area contributed by atoms with Crippen molar-refractivity contribution >= 4 is 72.7 Å². The molecule has 0 spiro atoms. The van der Waals surface area contributed by atoms with E-state index in [0.29, 0.717) is 0 Å². The molecular formula is C9H13KN2O5Si. The van der Waals surface area contributed by atoms with Crippen LogP contribution < -0.4 is 0 Å². The van der Waals surface area contributed by atoms with Gasteiger partial charge in [-0.3, -0.25) is 4.46 Å². The fraction of sp³-hybridized carbons (Fsp3) is 0.111. The zero-order chi connectivity index (χ0) is 14.1. The van der Waals surface area contributed by atoms with Crippen molar-refractivity contribution in [3.8, 4) is 0 Å². The number of carbonyl (C=O) groups excluding carboxylic acids is 2. The first kappa shape index (κ1) is 25.9. The minimum atomic E-state index is -3.13. The van der Waals surface area contributed by atoms with Crippen molar-refractivity contribution in [1.29, 1.82) is 10.8 Å². The molecule has 0 fully saturated rings. The van der Waals surface area contributed by atoms with Crippen molar-refractivity contribution in [3.63, 3.8) is 0 Å². The van der Waals surface area contributed by atoms with Gasteiger partial charge in [-0.05, 0) is 6.92 Å². The van der Waals surface area contributed by atoms with Gasteiger partial charge in [0.2, 0.25) is 12.2 Å². The van der Waals surface area contributed by atoms with E-state index in [-0.39, 0.29) is 51.4 Å². The Balaban J connectivity index is -0.0000000782. The van der Waals surface area contributed by atoms with Crippen LogP contribution in [0, 0.1) is 17.7 Å². The van der Waals surface area contributed by atoms with Gasteiger partial charge in [0.05, 0.1) is 0 Å². The van der Waals surface area contributed by atoms with E-state index in [4.69, 9.17) is 34.5 Å². The van der Waals surface area contributed by atoms with E-state index >= 15 is 0 Å². The van der Waals surface area contributed by atoms with E-state index in [0.717, 1.165) is 12.2 Å². The molecule has 0 saturated carbocycles. The van der Waals surface area contributed by atoms with E-state index in [9.17, 15) is 0 Å². The normalized spacial score (nSPS) is 5.61. The first-order valence-electron chi connectivity index (χ1n) is 3.97. The fourth-order valence-corrected chi connectivity index (χ4v) is 0.534. The van der Waals surface area contributed by atoms with Crippen LogP contribution in [-0.2, 0) is 14.1 Å². The third-order valence-corrected chi connectivity index (χ3v) is 0.940. The van der Waals surface area contributed by atoms with Gasteiger partial charge in [-0.15, -0.1) is 0 Å². The molecule has 0 heterocycles. The second-order valence-electron chi connectivity index (χ2n) is 2.14. The Bertz CT molecular complexity index is 346. The Kier molecular flexibility index (Phi) is 36.3. The molecule has 0 radical (unpaired) electrons. The molecule has 7 nitrogen and oxygen atoms in total. The van der Waals surface area contributed by atoms with Crippen LogP contribution in [0.15, 0.2) is 30.3 Å². The van der Waals surface area contributed by atoms with Gasteiger partial charge < -0.3 is 9.59 Å². The molecule has 0 aromatic heterocycles. The van der Waals surface area contributed by atoms with Crippen LogP contribution in [-0.4, -0.2) is 82.3 Å². The van der Waals surface area contributed by atoms with Gasteiger partial charge in [-0.1, -0.05) is 35.9 Å². The zero-order valence-corrected chi connectivity index (χ0v) is 10.0. The Morgan fingerprint density at radius 3 is 1.39 bits per heavy atom. The molecular weight excluding hydrogens is 283 g/mol. The second-order valence-corrected chi connectivity index (χ2v) is 2.71. The molecule has 0 aliphatic heterocycles. The minimum absolute atomic E-state index is 0. The SMILES string of the molecule is Cc1ccccc1.N=C=O.N=C=O.O=[Si](O)O.[KH]. The summed E-state index contributed by atoms with van der Waals surface area (Å²) >= 11 is 0. The molecule has 94 valence electrons. The number of hydrogen-bond donors (Lipinski definition) is 4. The van der Waals surface area contributed by atoms with Crippen LogP contribution in [0.25, 0.3) is 0 Å². The van der Waals surface area contributed by atoms with Crippen LogP contribution in [0.2, 0.25) is 0 Å². The summed E-state index contributed by atoms with van der Waals surface area (Å²) in [5, 5.41) is 10.8. The quantitative estimate of drug-likeness (QED) is 0.291. The Hall–Kier alpha value is -0.767. The van der Waals surface area contributed by atoms with Gasteiger partial charge in [0.25, 0.3) is 0 Å². The molecule has 18 heavy (non-hydrogen) atoms. The summed E-state index contributed by atoms with van der Waals surface area (Å²) in [5.41, 5.74) is 1.32. The van der Waals surface area contributed by atoms with Gasteiger partial charge in [-0.2, -0.15) is 0 Å². The molecule has 1 aromatic rings. The maximum atomic E-state index is 8.74. The molecule has 0 aliphatic carbocycles. The van der Waals surface area contributed by atoms with E-state index in [2.05, 4.69) is 19.1 Å². The summed E-state index contributed by atoms with van der Waals surface area (Å²) in [4.78, 5) is 31.0. The molecule has 9 heteroatoms.